The van der Waals surface area contributed by atoms with Crippen LogP contribution in [-0.2, 0) is 24.4 Å². The molecule has 0 heterocycles. The average molecular weight is 265 g/mol. The number of carbonyl (C=O) groups excluding carboxylic acids is 2. The highest BCUT2D eigenvalue weighted by atomic mass is 32.2. The maximum atomic E-state index is 10.4. The molecule has 0 saturated carbocycles. The lowest BCUT2D eigenvalue weighted by Crippen LogP contribution is -2.09. The van der Waals surface area contributed by atoms with E-state index in [2.05, 4.69) is 23.6 Å². The Labute approximate surface area is 99.7 Å². The molecule has 0 aromatic carbocycles. The molecule has 98 valence electrons. The van der Waals surface area contributed by atoms with Crippen molar-refractivity contribution < 1.29 is 27.3 Å². The van der Waals surface area contributed by atoms with Crippen LogP contribution in [0, 0.1) is 0 Å². The Morgan fingerprint density at radius 2 is 1.76 bits per heavy atom. The highest BCUT2D eigenvalue weighted by Gasteiger charge is 2.04. The van der Waals surface area contributed by atoms with Gasteiger partial charge in [0.2, 0.25) is 5.91 Å². The lowest BCUT2D eigenvalue weighted by Gasteiger charge is -1.99. The fraction of sp³-hybridized carbons (Fsp3) is 0.333. The monoisotopic (exact) mass is 265 g/mol. The third-order valence-electron chi connectivity index (χ3n) is 1.16. The Morgan fingerprint density at radius 3 is 2.06 bits per heavy atom. The fourth-order valence-corrected chi connectivity index (χ4v) is 0.956. The van der Waals surface area contributed by atoms with E-state index in [1.165, 1.54) is 0 Å². The summed E-state index contributed by atoms with van der Waals surface area (Å²) in [5, 5.41) is 0. The molecule has 0 bridgehead atoms. The third kappa shape index (κ3) is 20.4. The van der Waals surface area contributed by atoms with E-state index < -0.39 is 27.7 Å². The van der Waals surface area contributed by atoms with Gasteiger partial charge in [0.05, 0.1) is 12.4 Å². The Hall–Kier alpha value is -1.67. The zero-order valence-corrected chi connectivity index (χ0v) is 9.98. The second-order valence-corrected chi connectivity index (χ2v) is 4.19. The SMILES string of the molecule is C=CC(=O)OCCCS(=O)(=O)O.C=CC(N)=O. The van der Waals surface area contributed by atoms with Crippen molar-refractivity contribution in [3.8, 4) is 0 Å². The summed E-state index contributed by atoms with van der Waals surface area (Å²) >= 11 is 0. The van der Waals surface area contributed by atoms with Gasteiger partial charge < -0.3 is 10.5 Å². The van der Waals surface area contributed by atoms with Gasteiger partial charge in [0.1, 0.15) is 0 Å². The molecule has 0 aliphatic carbocycles. The molecule has 17 heavy (non-hydrogen) atoms. The predicted molar refractivity (Wildman–Crippen MR) is 61.6 cm³/mol. The first kappa shape index (κ1) is 17.7. The van der Waals surface area contributed by atoms with Crippen molar-refractivity contribution in [2.45, 2.75) is 6.42 Å². The van der Waals surface area contributed by atoms with E-state index in [-0.39, 0.29) is 13.0 Å². The number of carbonyl (C=O) groups is 2. The first-order chi connectivity index (χ1) is 7.72. The van der Waals surface area contributed by atoms with E-state index in [0.29, 0.717) is 0 Å². The molecule has 3 N–H and O–H groups in total. The number of primary amides is 1. The quantitative estimate of drug-likeness (QED) is 0.293. The van der Waals surface area contributed by atoms with Crippen LogP contribution in [0.5, 0.6) is 0 Å². The van der Waals surface area contributed by atoms with Crippen LogP contribution in [-0.4, -0.2) is 37.2 Å². The number of hydrogen-bond donors (Lipinski definition) is 2. The summed E-state index contributed by atoms with van der Waals surface area (Å²) in [5.41, 5.74) is 4.53. The van der Waals surface area contributed by atoms with Gasteiger partial charge in [-0.05, 0) is 12.5 Å². The Kier molecular flexibility index (Phi) is 9.95. The minimum Gasteiger partial charge on any atom is -0.463 e. The minimum atomic E-state index is -3.95. The van der Waals surface area contributed by atoms with Crippen LogP contribution < -0.4 is 5.73 Å². The molecule has 0 aliphatic rings. The van der Waals surface area contributed by atoms with E-state index in [1.54, 1.807) is 0 Å². The highest BCUT2D eigenvalue weighted by molar-refractivity contribution is 7.85. The minimum absolute atomic E-state index is 0.0371. The topological polar surface area (TPSA) is 124 Å². The second kappa shape index (κ2) is 9.55. The summed E-state index contributed by atoms with van der Waals surface area (Å²) in [7, 11) is -3.95. The smallest absolute Gasteiger partial charge is 0.330 e. The first-order valence-electron chi connectivity index (χ1n) is 4.39. The van der Waals surface area contributed by atoms with Crippen LogP contribution in [0.1, 0.15) is 6.42 Å². The third-order valence-corrected chi connectivity index (χ3v) is 1.96. The number of esters is 1. The lowest BCUT2D eigenvalue weighted by molar-refractivity contribution is -0.137. The molecule has 0 fully saturated rings. The molecule has 8 heteroatoms. The van der Waals surface area contributed by atoms with E-state index in [1.807, 2.05) is 0 Å². The summed E-state index contributed by atoms with van der Waals surface area (Å²) in [6, 6.07) is 0. The van der Waals surface area contributed by atoms with Gasteiger partial charge in [-0.3, -0.25) is 9.35 Å². The molecule has 0 unspecified atom stereocenters. The van der Waals surface area contributed by atoms with Crippen LogP contribution >= 0.6 is 0 Å². The summed E-state index contributed by atoms with van der Waals surface area (Å²) in [5.74, 6) is -1.49. The Bertz CT molecular complexity index is 373. The summed E-state index contributed by atoms with van der Waals surface area (Å²) in [4.78, 5) is 19.9. The standard InChI is InChI=1S/C6H10O5S.C3H5NO/c1-2-6(7)11-4-3-5-12(8,9)10;1-2-3(4)5/h2H,1,3-5H2,(H,8,9,10);2H,1H2,(H2,4,5). The second-order valence-electron chi connectivity index (χ2n) is 2.62. The van der Waals surface area contributed by atoms with E-state index in [0.717, 1.165) is 12.2 Å². The molecule has 0 aliphatic heterocycles. The van der Waals surface area contributed by atoms with Crippen LogP contribution in [0.25, 0.3) is 0 Å². The molecule has 0 radical (unpaired) electrons. The van der Waals surface area contributed by atoms with Crippen molar-refractivity contribution in [3.63, 3.8) is 0 Å². The van der Waals surface area contributed by atoms with E-state index in [4.69, 9.17) is 4.55 Å². The average Bonchev–Trinajstić information content (AvgIpc) is 2.23. The van der Waals surface area contributed by atoms with Crippen LogP contribution in [0.3, 0.4) is 0 Å². The normalized spacial score (nSPS) is 9.47. The molecular formula is C9H15NO6S. The summed E-state index contributed by atoms with van der Waals surface area (Å²) in [6.07, 6.45) is 2.12. The summed E-state index contributed by atoms with van der Waals surface area (Å²) in [6.45, 7) is 6.19. The molecule has 0 spiro atoms. The van der Waals surface area contributed by atoms with Crippen molar-refractivity contribution in [1.29, 1.82) is 0 Å². The molecule has 0 aromatic rings. The Balaban J connectivity index is 0. The van der Waals surface area contributed by atoms with Crippen molar-refractivity contribution in [2.24, 2.45) is 5.73 Å². The molecule has 0 saturated heterocycles. The maximum Gasteiger partial charge on any atom is 0.330 e. The summed E-state index contributed by atoms with van der Waals surface area (Å²) < 4.78 is 33.0. The van der Waals surface area contributed by atoms with Crippen LogP contribution in [0.15, 0.2) is 25.3 Å². The van der Waals surface area contributed by atoms with Gasteiger partial charge in [-0.15, -0.1) is 0 Å². The number of hydrogen-bond acceptors (Lipinski definition) is 5. The molecule has 7 nitrogen and oxygen atoms in total. The number of ether oxygens (including phenoxy) is 1. The van der Waals surface area contributed by atoms with Crippen molar-refractivity contribution in [2.75, 3.05) is 12.4 Å². The molecular weight excluding hydrogens is 250 g/mol. The predicted octanol–water partition coefficient (Wildman–Crippen LogP) is -0.349. The van der Waals surface area contributed by atoms with Crippen molar-refractivity contribution in [3.05, 3.63) is 25.3 Å². The molecule has 0 atom stereocenters. The van der Waals surface area contributed by atoms with Crippen molar-refractivity contribution in [1.82, 2.24) is 0 Å². The largest absolute Gasteiger partial charge is 0.463 e. The zero-order chi connectivity index (χ0) is 13.9. The highest BCUT2D eigenvalue weighted by Crippen LogP contribution is 1.90. The van der Waals surface area contributed by atoms with Gasteiger partial charge in [0.15, 0.2) is 0 Å². The maximum absolute atomic E-state index is 10.4. The van der Waals surface area contributed by atoms with E-state index in [9.17, 15) is 18.0 Å². The van der Waals surface area contributed by atoms with Gasteiger partial charge in [-0.25, -0.2) is 4.79 Å². The molecule has 1 amide bonds. The van der Waals surface area contributed by atoms with Gasteiger partial charge in [0.25, 0.3) is 10.1 Å². The van der Waals surface area contributed by atoms with Gasteiger partial charge in [-0.1, -0.05) is 13.2 Å². The Morgan fingerprint density at radius 1 is 1.29 bits per heavy atom. The van der Waals surface area contributed by atoms with Crippen LogP contribution in [0.2, 0.25) is 0 Å². The molecule has 0 aromatic heterocycles. The fourth-order valence-electron chi connectivity index (χ4n) is 0.473. The first-order valence-corrected chi connectivity index (χ1v) is 6.00. The number of rotatable bonds is 6. The lowest BCUT2D eigenvalue weighted by atomic mass is 10.5. The van der Waals surface area contributed by atoms with Gasteiger partial charge in [0, 0.05) is 6.08 Å². The van der Waals surface area contributed by atoms with Gasteiger partial charge >= 0.3 is 5.97 Å². The molecule has 0 rings (SSSR count). The number of amides is 1. The number of nitrogens with two attached hydrogens (primary N) is 1. The van der Waals surface area contributed by atoms with Crippen molar-refractivity contribution >= 4 is 22.0 Å². The zero-order valence-electron chi connectivity index (χ0n) is 9.16. The van der Waals surface area contributed by atoms with Crippen LogP contribution in [0.4, 0.5) is 0 Å². The van der Waals surface area contributed by atoms with Gasteiger partial charge in [-0.2, -0.15) is 8.42 Å². The van der Waals surface area contributed by atoms with E-state index >= 15 is 0 Å².